The second-order valence-corrected chi connectivity index (χ2v) is 4.91. The SMILES string of the molecule is CCCN1CCOC(C(NN)c2cccc(F)c2)C1. The molecule has 0 aromatic heterocycles. The first-order valence-electron chi connectivity index (χ1n) is 6.80. The van der Waals surface area contributed by atoms with Gasteiger partial charge >= 0.3 is 0 Å². The van der Waals surface area contributed by atoms with Gasteiger partial charge in [0, 0.05) is 13.1 Å². The quantitative estimate of drug-likeness (QED) is 0.626. The van der Waals surface area contributed by atoms with Crippen LogP contribution in [0.3, 0.4) is 0 Å². The van der Waals surface area contributed by atoms with E-state index in [1.54, 1.807) is 6.07 Å². The fourth-order valence-corrected chi connectivity index (χ4v) is 2.57. The predicted molar refractivity (Wildman–Crippen MR) is 72.9 cm³/mol. The highest BCUT2D eigenvalue weighted by Crippen LogP contribution is 2.22. The third kappa shape index (κ3) is 3.73. The summed E-state index contributed by atoms with van der Waals surface area (Å²) < 4.78 is 19.1. The van der Waals surface area contributed by atoms with Crippen LogP contribution in [0.15, 0.2) is 24.3 Å². The van der Waals surface area contributed by atoms with E-state index in [1.807, 2.05) is 6.07 Å². The summed E-state index contributed by atoms with van der Waals surface area (Å²) in [5, 5.41) is 0. The molecule has 2 unspecified atom stereocenters. The summed E-state index contributed by atoms with van der Waals surface area (Å²) in [4.78, 5) is 2.36. The van der Waals surface area contributed by atoms with E-state index in [1.165, 1.54) is 12.1 Å². The topological polar surface area (TPSA) is 50.5 Å². The number of hydrogen-bond donors (Lipinski definition) is 2. The summed E-state index contributed by atoms with van der Waals surface area (Å²) in [6.45, 7) is 5.68. The number of rotatable bonds is 5. The summed E-state index contributed by atoms with van der Waals surface area (Å²) >= 11 is 0. The van der Waals surface area contributed by atoms with Crippen LogP contribution >= 0.6 is 0 Å². The van der Waals surface area contributed by atoms with E-state index in [-0.39, 0.29) is 18.0 Å². The normalized spacial score (nSPS) is 22.4. The molecule has 3 N–H and O–H groups in total. The molecule has 106 valence electrons. The van der Waals surface area contributed by atoms with Gasteiger partial charge in [-0.05, 0) is 30.7 Å². The summed E-state index contributed by atoms with van der Waals surface area (Å²) in [5.74, 6) is 5.38. The van der Waals surface area contributed by atoms with E-state index in [9.17, 15) is 4.39 Å². The van der Waals surface area contributed by atoms with Crippen molar-refractivity contribution in [3.8, 4) is 0 Å². The van der Waals surface area contributed by atoms with E-state index >= 15 is 0 Å². The lowest BCUT2D eigenvalue weighted by Crippen LogP contribution is -2.49. The lowest BCUT2D eigenvalue weighted by Gasteiger charge is -2.36. The molecule has 1 aromatic rings. The monoisotopic (exact) mass is 267 g/mol. The number of hydrazine groups is 1. The molecular weight excluding hydrogens is 245 g/mol. The molecule has 2 atom stereocenters. The van der Waals surface area contributed by atoms with Crippen LogP contribution in [-0.4, -0.2) is 37.2 Å². The van der Waals surface area contributed by atoms with Gasteiger partial charge in [0.2, 0.25) is 0 Å². The molecule has 19 heavy (non-hydrogen) atoms. The number of halogens is 1. The van der Waals surface area contributed by atoms with Crippen LogP contribution in [0.2, 0.25) is 0 Å². The number of nitrogens with zero attached hydrogens (tertiary/aromatic N) is 1. The number of morpholine rings is 1. The first kappa shape index (κ1) is 14.4. The second-order valence-electron chi connectivity index (χ2n) is 4.91. The van der Waals surface area contributed by atoms with Crippen molar-refractivity contribution in [1.29, 1.82) is 0 Å². The average molecular weight is 267 g/mol. The van der Waals surface area contributed by atoms with Gasteiger partial charge in [-0.15, -0.1) is 0 Å². The average Bonchev–Trinajstić information content (AvgIpc) is 2.41. The number of ether oxygens (including phenoxy) is 1. The van der Waals surface area contributed by atoms with Gasteiger partial charge in [0.15, 0.2) is 0 Å². The number of nitrogens with one attached hydrogen (secondary N) is 1. The van der Waals surface area contributed by atoms with Crippen molar-refractivity contribution in [1.82, 2.24) is 10.3 Å². The number of hydrogen-bond acceptors (Lipinski definition) is 4. The van der Waals surface area contributed by atoms with Crippen LogP contribution in [0.5, 0.6) is 0 Å². The molecule has 0 aliphatic carbocycles. The fraction of sp³-hybridized carbons (Fsp3) is 0.571. The van der Waals surface area contributed by atoms with Crippen molar-refractivity contribution in [2.75, 3.05) is 26.2 Å². The summed E-state index contributed by atoms with van der Waals surface area (Å²) in [6, 6.07) is 6.32. The van der Waals surface area contributed by atoms with Crippen LogP contribution in [-0.2, 0) is 4.74 Å². The Morgan fingerprint density at radius 1 is 1.58 bits per heavy atom. The fourth-order valence-electron chi connectivity index (χ4n) is 2.57. The van der Waals surface area contributed by atoms with Crippen LogP contribution in [0.1, 0.15) is 24.9 Å². The molecular formula is C14H22FN3O. The van der Waals surface area contributed by atoms with Crippen molar-refractivity contribution in [3.05, 3.63) is 35.6 Å². The lowest BCUT2D eigenvalue weighted by molar-refractivity contribution is -0.0471. The summed E-state index contributed by atoms with van der Waals surface area (Å²) in [7, 11) is 0. The number of benzene rings is 1. The molecule has 0 radical (unpaired) electrons. The maximum atomic E-state index is 13.3. The Kier molecular flexibility index (Phi) is 5.27. The lowest BCUT2D eigenvalue weighted by atomic mass is 10.0. The van der Waals surface area contributed by atoms with E-state index in [0.29, 0.717) is 6.61 Å². The Balaban J connectivity index is 2.08. The van der Waals surface area contributed by atoms with E-state index in [4.69, 9.17) is 10.6 Å². The Labute approximate surface area is 113 Å². The molecule has 2 rings (SSSR count). The molecule has 1 aromatic carbocycles. The summed E-state index contributed by atoms with van der Waals surface area (Å²) in [6.07, 6.45) is 1.07. The van der Waals surface area contributed by atoms with Crippen LogP contribution in [0.25, 0.3) is 0 Å². The Bertz CT molecular complexity index is 400. The Hall–Kier alpha value is -1.01. The molecule has 5 heteroatoms. The zero-order valence-electron chi connectivity index (χ0n) is 11.3. The van der Waals surface area contributed by atoms with Crippen molar-refractivity contribution in [2.45, 2.75) is 25.5 Å². The zero-order chi connectivity index (χ0) is 13.7. The minimum atomic E-state index is -0.251. The molecule has 1 aliphatic rings. The van der Waals surface area contributed by atoms with Crippen molar-refractivity contribution in [2.24, 2.45) is 5.84 Å². The van der Waals surface area contributed by atoms with Crippen molar-refractivity contribution < 1.29 is 9.13 Å². The van der Waals surface area contributed by atoms with Gasteiger partial charge < -0.3 is 4.74 Å². The first-order chi connectivity index (χ1) is 9.24. The predicted octanol–water partition coefficient (Wildman–Crippen LogP) is 1.44. The molecule has 0 spiro atoms. The number of nitrogens with two attached hydrogens (primary N) is 1. The standard InChI is InChI=1S/C14H22FN3O/c1-2-6-18-7-8-19-13(10-18)14(17-16)11-4-3-5-12(15)9-11/h3-5,9,13-14,17H,2,6-8,10,16H2,1H3. The first-order valence-corrected chi connectivity index (χ1v) is 6.80. The zero-order valence-corrected chi connectivity index (χ0v) is 11.3. The van der Waals surface area contributed by atoms with Gasteiger partial charge in [0.25, 0.3) is 0 Å². The third-order valence-electron chi connectivity index (χ3n) is 3.48. The third-order valence-corrected chi connectivity index (χ3v) is 3.48. The van der Waals surface area contributed by atoms with Crippen LogP contribution in [0.4, 0.5) is 4.39 Å². The molecule has 1 heterocycles. The highest BCUT2D eigenvalue weighted by Gasteiger charge is 2.28. The minimum absolute atomic E-state index is 0.0490. The molecule has 0 amide bonds. The van der Waals surface area contributed by atoms with Gasteiger partial charge in [0.1, 0.15) is 5.82 Å². The van der Waals surface area contributed by atoms with Gasteiger partial charge in [-0.1, -0.05) is 19.1 Å². The maximum Gasteiger partial charge on any atom is 0.123 e. The Morgan fingerprint density at radius 3 is 3.11 bits per heavy atom. The van der Waals surface area contributed by atoms with Crippen LogP contribution < -0.4 is 11.3 Å². The maximum absolute atomic E-state index is 13.3. The molecule has 1 aliphatic heterocycles. The highest BCUT2D eigenvalue weighted by molar-refractivity contribution is 5.21. The van der Waals surface area contributed by atoms with Gasteiger partial charge in [-0.25, -0.2) is 4.39 Å². The van der Waals surface area contributed by atoms with E-state index in [0.717, 1.165) is 31.6 Å². The minimum Gasteiger partial charge on any atom is -0.374 e. The van der Waals surface area contributed by atoms with Gasteiger partial charge in [-0.2, -0.15) is 0 Å². The molecule has 4 nitrogen and oxygen atoms in total. The molecule has 0 bridgehead atoms. The van der Waals surface area contributed by atoms with Crippen LogP contribution in [0, 0.1) is 5.82 Å². The van der Waals surface area contributed by atoms with Gasteiger partial charge in [-0.3, -0.25) is 16.2 Å². The smallest absolute Gasteiger partial charge is 0.123 e. The molecule has 1 fully saturated rings. The Morgan fingerprint density at radius 2 is 2.42 bits per heavy atom. The molecule has 1 saturated heterocycles. The van der Waals surface area contributed by atoms with E-state index in [2.05, 4.69) is 17.2 Å². The molecule has 0 saturated carbocycles. The van der Waals surface area contributed by atoms with E-state index < -0.39 is 0 Å². The summed E-state index contributed by atoms with van der Waals surface area (Å²) in [5.41, 5.74) is 3.58. The second kappa shape index (κ2) is 6.96. The largest absolute Gasteiger partial charge is 0.374 e. The van der Waals surface area contributed by atoms with Crippen molar-refractivity contribution in [3.63, 3.8) is 0 Å². The van der Waals surface area contributed by atoms with Crippen molar-refractivity contribution >= 4 is 0 Å². The van der Waals surface area contributed by atoms with Gasteiger partial charge in [0.05, 0.1) is 18.8 Å². The highest BCUT2D eigenvalue weighted by atomic mass is 19.1.